The van der Waals surface area contributed by atoms with Gasteiger partial charge in [-0.2, -0.15) is 21.6 Å². The van der Waals surface area contributed by atoms with Crippen LogP contribution in [0.1, 0.15) is 0 Å². The summed E-state index contributed by atoms with van der Waals surface area (Å²) in [5, 5.41) is 0. The van der Waals surface area contributed by atoms with Gasteiger partial charge in [0.05, 0.1) is 0 Å². The van der Waals surface area contributed by atoms with E-state index in [4.69, 9.17) is 0 Å². The molecule has 9 heavy (non-hydrogen) atoms. The van der Waals surface area contributed by atoms with Gasteiger partial charge in [0, 0.05) is 0 Å². The maximum atomic E-state index is 11.2. The molecule has 1 rings (SSSR count). The second kappa shape index (κ2) is 1.40. The van der Waals surface area contributed by atoms with Crippen LogP contribution in [0.25, 0.3) is 0 Å². The van der Waals surface area contributed by atoms with Crippen molar-refractivity contribution in [1.29, 1.82) is 0 Å². The number of hydrogen-bond acceptors (Lipinski definition) is 3. The molecular weight excluding hydrogens is 161 g/mol. The molecule has 54 valence electrons. The number of hydrogen-bond donors (Lipinski definition) is 0. The van der Waals surface area contributed by atoms with Crippen molar-refractivity contribution in [2.45, 2.75) is 11.6 Å². The summed E-state index contributed by atoms with van der Waals surface area (Å²) in [6.07, 6.45) is -4.77. The second-order valence-corrected chi connectivity index (χ2v) is 3.07. The number of halogens is 3. The molecule has 0 aromatic rings. The quantitative estimate of drug-likeness (QED) is 0.479. The average molecular weight is 162 g/mol. The molecule has 0 radical (unpaired) electrons. The molecule has 0 aromatic carbocycles. The Hall–Kier alpha value is -0.300. The van der Waals surface area contributed by atoms with Gasteiger partial charge in [-0.1, -0.05) is 0 Å². The lowest BCUT2D eigenvalue weighted by atomic mass is 10.7. The molecule has 1 saturated heterocycles. The minimum Gasteiger partial charge on any atom is -0.235 e. The van der Waals surface area contributed by atoms with E-state index in [1.165, 1.54) is 0 Å². The number of rotatable bonds is 0. The van der Waals surface area contributed by atoms with E-state index in [0.29, 0.717) is 0 Å². The lowest BCUT2D eigenvalue weighted by Crippen LogP contribution is -2.17. The highest BCUT2D eigenvalue weighted by Gasteiger charge is 2.64. The first-order valence-electron chi connectivity index (χ1n) is 1.83. The molecule has 1 unspecified atom stereocenters. The fourth-order valence-electron chi connectivity index (χ4n) is 0.317. The van der Waals surface area contributed by atoms with Gasteiger partial charge in [0.15, 0.2) is 0 Å². The molecule has 0 aliphatic carbocycles. The third-order valence-electron chi connectivity index (χ3n) is 0.713. The molecule has 1 fully saturated rings. The zero-order valence-electron chi connectivity index (χ0n) is 3.84. The monoisotopic (exact) mass is 162 g/mol. The molecule has 3 nitrogen and oxygen atoms in total. The van der Waals surface area contributed by atoms with Gasteiger partial charge in [-0.25, -0.2) is 4.18 Å². The van der Waals surface area contributed by atoms with Crippen LogP contribution in [-0.4, -0.2) is 20.0 Å². The minimum atomic E-state index is -4.77. The van der Waals surface area contributed by atoms with E-state index in [0.717, 1.165) is 0 Å². The van der Waals surface area contributed by atoms with Crippen molar-refractivity contribution >= 4 is 10.1 Å². The maximum absolute atomic E-state index is 11.2. The van der Waals surface area contributed by atoms with Crippen molar-refractivity contribution in [3.8, 4) is 0 Å². The molecule has 1 atom stereocenters. The Balaban J connectivity index is 2.75. The van der Waals surface area contributed by atoms with Crippen molar-refractivity contribution in [1.82, 2.24) is 0 Å². The molecule has 7 heteroatoms. The van der Waals surface area contributed by atoms with Crippen LogP contribution in [0.15, 0.2) is 0 Å². The maximum Gasteiger partial charge on any atom is 0.433 e. The van der Waals surface area contributed by atoms with Crippen molar-refractivity contribution < 1.29 is 25.8 Å². The highest BCUT2D eigenvalue weighted by atomic mass is 32.2. The van der Waals surface area contributed by atoms with Gasteiger partial charge in [-0.3, -0.25) is 0 Å². The van der Waals surface area contributed by atoms with Crippen LogP contribution in [0.2, 0.25) is 0 Å². The molecule has 1 aliphatic rings. The average Bonchev–Trinajstić information content (AvgIpc) is 2.10. The molecule has 0 amide bonds. The molecule has 1 aliphatic heterocycles. The smallest absolute Gasteiger partial charge is 0.235 e. The van der Waals surface area contributed by atoms with Gasteiger partial charge in [0.25, 0.3) is 5.44 Å². The molecule has 0 spiro atoms. The Morgan fingerprint density at radius 3 is 1.67 bits per heavy atom. The fourth-order valence-corrected chi connectivity index (χ4v) is 1.14. The van der Waals surface area contributed by atoms with Crippen molar-refractivity contribution in [3.05, 3.63) is 0 Å². The van der Waals surface area contributed by atoms with Crippen LogP contribution < -0.4 is 0 Å². The van der Waals surface area contributed by atoms with E-state index >= 15 is 0 Å². The molecule has 0 bridgehead atoms. The third-order valence-corrected chi connectivity index (χ3v) is 1.87. The molecule has 0 saturated carbocycles. The van der Waals surface area contributed by atoms with Crippen molar-refractivity contribution in [2.75, 3.05) is 0 Å². The van der Waals surface area contributed by atoms with Crippen molar-refractivity contribution in [2.24, 2.45) is 0 Å². The van der Waals surface area contributed by atoms with Gasteiger partial charge in [0.1, 0.15) is 0 Å². The first-order chi connectivity index (χ1) is 3.84. The van der Waals surface area contributed by atoms with Gasteiger partial charge >= 0.3 is 16.3 Å². The van der Waals surface area contributed by atoms with E-state index in [1.807, 2.05) is 0 Å². The summed E-state index contributed by atoms with van der Waals surface area (Å²) in [7, 11) is -4.24. The van der Waals surface area contributed by atoms with Gasteiger partial charge < -0.3 is 0 Å². The number of alkyl halides is 3. The molecule has 0 N–H and O–H groups in total. The fraction of sp³-hybridized carbons (Fsp3) is 1.00. The topological polar surface area (TPSA) is 46.7 Å². The zero-order chi connectivity index (χ0) is 7.28. The Kier molecular flexibility index (Phi) is 1.06. The summed E-state index contributed by atoms with van der Waals surface area (Å²) in [5.74, 6) is 0. The summed E-state index contributed by atoms with van der Waals surface area (Å²) < 4.78 is 56.6. The summed E-state index contributed by atoms with van der Waals surface area (Å²) in [4.78, 5) is 0. The predicted octanol–water partition coefficient (Wildman–Crippen LogP) is 0.235. The highest BCUT2D eigenvalue weighted by molar-refractivity contribution is 7.92. The Morgan fingerprint density at radius 1 is 1.33 bits per heavy atom. The molecule has 0 aromatic heterocycles. The third kappa shape index (κ3) is 1.16. The van der Waals surface area contributed by atoms with E-state index in [-0.39, 0.29) is 0 Å². The highest BCUT2D eigenvalue weighted by Crippen LogP contribution is 2.39. The first-order valence-corrected chi connectivity index (χ1v) is 3.30. The largest absolute Gasteiger partial charge is 0.433 e. The van der Waals surface area contributed by atoms with Gasteiger partial charge in [-0.05, 0) is 0 Å². The van der Waals surface area contributed by atoms with Crippen LogP contribution >= 0.6 is 0 Å². The first kappa shape index (κ1) is 6.81. The lowest BCUT2D eigenvalue weighted by molar-refractivity contribution is -0.145. The van der Waals surface area contributed by atoms with E-state index in [1.54, 1.807) is 0 Å². The second-order valence-electron chi connectivity index (χ2n) is 1.46. The summed E-state index contributed by atoms with van der Waals surface area (Å²) in [5.41, 5.74) is -2.56. The SMILES string of the molecule is O=S1(=O)OC1C(F)(F)F. The Bertz CT molecular complexity index is 214. The predicted molar refractivity (Wildman–Crippen MR) is 19.8 cm³/mol. The molecule has 1 heterocycles. The van der Waals surface area contributed by atoms with Crippen LogP contribution in [0.5, 0.6) is 0 Å². The van der Waals surface area contributed by atoms with Crippen LogP contribution in [0.3, 0.4) is 0 Å². The Morgan fingerprint density at radius 2 is 1.67 bits per heavy atom. The zero-order valence-corrected chi connectivity index (χ0v) is 4.66. The van der Waals surface area contributed by atoms with Gasteiger partial charge in [-0.15, -0.1) is 0 Å². The standard InChI is InChI=1S/C2HF3O3S/c3-2(4,5)1-8-9(1,6)7/h1H. The lowest BCUT2D eigenvalue weighted by Gasteiger charge is -1.93. The van der Waals surface area contributed by atoms with Crippen LogP contribution in [0.4, 0.5) is 13.2 Å². The summed E-state index contributed by atoms with van der Waals surface area (Å²) in [6.45, 7) is 0. The molecular formula is C2HF3O3S. The normalized spacial score (nSPS) is 32.1. The van der Waals surface area contributed by atoms with E-state index in [9.17, 15) is 21.6 Å². The summed E-state index contributed by atoms with van der Waals surface area (Å²) in [6, 6.07) is 0. The summed E-state index contributed by atoms with van der Waals surface area (Å²) >= 11 is 0. The van der Waals surface area contributed by atoms with Crippen molar-refractivity contribution in [3.63, 3.8) is 0 Å². The minimum absolute atomic E-state index is 2.56. The van der Waals surface area contributed by atoms with Crippen LogP contribution in [0, 0.1) is 0 Å². The Labute approximate surface area is 48.5 Å². The van der Waals surface area contributed by atoms with Gasteiger partial charge in [0.2, 0.25) is 0 Å². The van der Waals surface area contributed by atoms with E-state index < -0.39 is 21.7 Å². The van der Waals surface area contributed by atoms with Crippen LogP contribution in [-0.2, 0) is 14.3 Å². The van der Waals surface area contributed by atoms with E-state index in [2.05, 4.69) is 4.18 Å².